The largest absolute Gasteiger partial charge is 0.378 e. The van der Waals surface area contributed by atoms with Crippen molar-refractivity contribution in [1.82, 2.24) is 35.3 Å². The van der Waals surface area contributed by atoms with Crippen molar-refractivity contribution >= 4 is 40.4 Å². The molecule has 2 aromatic carbocycles. The fourth-order valence-electron chi connectivity index (χ4n) is 6.00. The van der Waals surface area contributed by atoms with Crippen LogP contribution in [0.1, 0.15) is 74.0 Å². The standard InChI is InChI=1S/C34H42ClN7O4/c1-20(2)28(23-9-7-8-10-24(23)35)29(40-31(43)27-13-14-36-41(27)6)30-38-25-12-11-22(19-26(25)39-30)34(4,5)33(45)37-21(3)32(44)42-15-17-46-18-16-42/h7-14,19-21,28-29H,15-18H2,1-6H3,(H,37,45)(H,38,39)(H,40,43)/t21-,28?,29?/m1/s1. The van der Waals surface area contributed by atoms with Gasteiger partial charge in [-0.25, -0.2) is 4.98 Å². The normalized spacial score (nSPS) is 15.9. The zero-order valence-corrected chi connectivity index (χ0v) is 27.9. The van der Waals surface area contributed by atoms with Gasteiger partial charge in [0.2, 0.25) is 11.8 Å². The van der Waals surface area contributed by atoms with Crippen molar-refractivity contribution in [3.8, 4) is 0 Å². The Balaban J connectivity index is 1.46. The maximum atomic E-state index is 13.5. The van der Waals surface area contributed by atoms with Crippen LogP contribution in [0.5, 0.6) is 0 Å². The van der Waals surface area contributed by atoms with Crippen molar-refractivity contribution in [3.63, 3.8) is 0 Å². The second-order valence-electron chi connectivity index (χ2n) is 12.7. The lowest BCUT2D eigenvalue weighted by molar-refractivity contribution is -0.140. The first kappa shape index (κ1) is 33.2. The number of ether oxygens (including phenoxy) is 1. The number of fused-ring (bicyclic) bond motifs is 1. The maximum Gasteiger partial charge on any atom is 0.270 e. The van der Waals surface area contributed by atoms with E-state index >= 15 is 0 Å². The Hall–Kier alpha value is -4.22. The number of H-pyrrole nitrogens is 1. The van der Waals surface area contributed by atoms with E-state index in [1.54, 1.807) is 31.1 Å². The number of hydrogen-bond acceptors (Lipinski definition) is 6. The Morgan fingerprint density at radius 1 is 1.02 bits per heavy atom. The number of morpholine rings is 1. The van der Waals surface area contributed by atoms with Crippen molar-refractivity contribution in [1.29, 1.82) is 0 Å². The highest BCUT2D eigenvalue weighted by Gasteiger charge is 2.35. The number of carbonyl (C=O) groups excluding carboxylic acids is 3. The lowest BCUT2D eigenvalue weighted by atomic mass is 9.81. The molecule has 1 aliphatic heterocycles. The summed E-state index contributed by atoms with van der Waals surface area (Å²) in [5.74, 6) is -0.265. The molecule has 0 bridgehead atoms. The van der Waals surface area contributed by atoms with Crippen molar-refractivity contribution in [3.05, 3.63) is 82.4 Å². The van der Waals surface area contributed by atoms with Crippen LogP contribution in [-0.4, -0.2) is 74.7 Å². The highest BCUT2D eigenvalue weighted by atomic mass is 35.5. The zero-order valence-electron chi connectivity index (χ0n) is 27.1. The van der Waals surface area contributed by atoms with Gasteiger partial charge in [-0.1, -0.05) is 49.7 Å². The Bertz CT molecular complexity index is 1720. The number of amides is 3. The summed E-state index contributed by atoms with van der Waals surface area (Å²) in [6.45, 7) is 11.6. The molecule has 3 amide bonds. The van der Waals surface area contributed by atoms with Gasteiger partial charge in [-0.3, -0.25) is 19.1 Å². The number of aromatic amines is 1. The van der Waals surface area contributed by atoms with Gasteiger partial charge in [-0.2, -0.15) is 5.10 Å². The van der Waals surface area contributed by atoms with Crippen LogP contribution in [0.3, 0.4) is 0 Å². The molecule has 2 unspecified atom stereocenters. The molecule has 1 aliphatic rings. The van der Waals surface area contributed by atoms with Crippen molar-refractivity contribution in [2.24, 2.45) is 13.0 Å². The molecule has 3 N–H and O–H groups in total. The minimum atomic E-state index is -0.954. The van der Waals surface area contributed by atoms with Gasteiger partial charge in [0.1, 0.15) is 17.6 Å². The van der Waals surface area contributed by atoms with Crippen molar-refractivity contribution in [2.75, 3.05) is 26.3 Å². The van der Waals surface area contributed by atoms with E-state index in [2.05, 4.69) is 34.6 Å². The molecule has 5 rings (SSSR count). The summed E-state index contributed by atoms with van der Waals surface area (Å²) < 4.78 is 6.88. The first-order chi connectivity index (χ1) is 21.9. The third-order valence-electron chi connectivity index (χ3n) is 8.81. The Labute approximate surface area is 274 Å². The molecular weight excluding hydrogens is 606 g/mol. The summed E-state index contributed by atoms with van der Waals surface area (Å²) in [6.07, 6.45) is 1.58. The van der Waals surface area contributed by atoms with Crippen LogP contribution in [0.2, 0.25) is 5.02 Å². The lowest BCUT2D eigenvalue weighted by Gasteiger charge is -2.31. The fraction of sp³-hybridized carbons (Fsp3) is 0.441. The number of hydrogen-bond donors (Lipinski definition) is 3. The maximum absolute atomic E-state index is 13.5. The predicted octanol–water partition coefficient (Wildman–Crippen LogP) is 4.50. The molecule has 244 valence electrons. The molecule has 1 fully saturated rings. The zero-order chi connectivity index (χ0) is 33.2. The molecule has 0 spiro atoms. The van der Waals surface area contributed by atoms with Crippen LogP contribution < -0.4 is 10.6 Å². The molecule has 0 aliphatic carbocycles. The summed E-state index contributed by atoms with van der Waals surface area (Å²) in [4.78, 5) is 50.1. The average molecular weight is 648 g/mol. The lowest BCUT2D eigenvalue weighted by Crippen LogP contribution is -2.53. The number of aryl methyl sites for hydroxylation is 1. The van der Waals surface area contributed by atoms with Crippen LogP contribution in [0.25, 0.3) is 11.0 Å². The van der Waals surface area contributed by atoms with E-state index in [0.717, 1.165) is 11.1 Å². The topological polar surface area (TPSA) is 134 Å². The summed E-state index contributed by atoms with van der Waals surface area (Å²) in [7, 11) is 1.72. The molecule has 46 heavy (non-hydrogen) atoms. The van der Waals surface area contributed by atoms with Crippen LogP contribution in [0, 0.1) is 5.92 Å². The van der Waals surface area contributed by atoms with E-state index in [-0.39, 0.29) is 29.6 Å². The van der Waals surface area contributed by atoms with Gasteiger partial charge in [0.05, 0.1) is 35.7 Å². The molecule has 0 radical (unpaired) electrons. The highest BCUT2D eigenvalue weighted by molar-refractivity contribution is 6.31. The fourth-order valence-corrected chi connectivity index (χ4v) is 6.26. The van der Waals surface area contributed by atoms with Gasteiger partial charge >= 0.3 is 0 Å². The number of imidazole rings is 1. The van der Waals surface area contributed by atoms with E-state index in [1.807, 2.05) is 56.3 Å². The molecule has 4 aromatic rings. The van der Waals surface area contributed by atoms with Gasteiger partial charge in [-0.15, -0.1) is 0 Å². The highest BCUT2D eigenvalue weighted by Crippen LogP contribution is 2.40. The summed E-state index contributed by atoms with van der Waals surface area (Å²) in [5, 5.41) is 10.9. The van der Waals surface area contributed by atoms with Crippen LogP contribution in [0.15, 0.2) is 54.7 Å². The molecule has 3 heterocycles. The number of halogens is 1. The molecule has 3 atom stereocenters. The van der Waals surface area contributed by atoms with Crippen LogP contribution in [-0.2, 0) is 26.8 Å². The number of nitrogens with zero attached hydrogens (tertiary/aromatic N) is 4. The summed E-state index contributed by atoms with van der Waals surface area (Å²) in [5.41, 5.74) is 2.51. The first-order valence-electron chi connectivity index (χ1n) is 15.6. The van der Waals surface area contributed by atoms with E-state index in [1.165, 1.54) is 4.68 Å². The Morgan fingerprint density at radius 2 is 1.74 bits per heavy atom. The molecule has 2 aromatic heterocycles. The molecule has 1 saturated heterocycles. The smallest absolute Gasteiger partial charge is 0.270 e. The second kappa shape index (κ2) is 13.6. The SMILES string of the molecule is CC(C)C(c1ccccc1Cl)C(NC(=O)c1ccnn1C)c1nc2ccc(C(C)(C)C(=O)N[C@H](C)C(=O)N3CCOCC3)cc2[nH]1. The minimum absolute atomic E-state index is 0.0744. The molecule has 12 heteroatoms. The number of rotatable bonds is 10. The van der Waals surface area contributed by atoms with Gasteiger partial charge < -0.3 is 25.3 Å². The Morgan fingerprint density at radius 3 is 2.39 bits per heavy atom. The number of carbonyl (C=O) groups is 3. The van der Waals surface area contributed by atoms with E-state index < -0.39 is 17.5 Å². The molecule has 0 saturated carbocycles. The van der Waals surface area contributed by atoms with E-state index in [0.29, 0.717) is 53.9 Å². The second-order valence-corrected chi connectivity index (χ2v) is 13.1. The predicted molar refractivity (Wildman–Crippen MR) is 177 cm³/mol. The summed E-state index contributed by atoms with van der Waals surface area (Å²) >= 11 is 6.71. The van der Waals surface area contributed by atoms with E-state index in [9.17, 15) is 14.4 Å². The minimum Gasteiger partial charge on any atom is -0.378 e. The van der Waals surface area contributed by atoms with Crippen molar-refractivity contribution in [2.45, 2.75) is 58.0 Å². The monoisotopic (exact) mass is 647 g/mol. The van der Waals surface area contributed by atoms with Crippen molar-refractivity contribution < 1.29 is 19.1 Å². The van der Waals surface area contributed by atoms with Gasteiger partial charge in [0, 0.05) is 37.3 Å². The van der Waals surface area contributed by atoms with Gasteiger partial charge in [0.25, 0.3) is 5.91 Å². The van der Waals surface area contributed by atoms with Gasteiger partial charge in [-0.05, 0) is 62.1 Å². The van der Waals surface area contributed by atoms with Crippen LogP contribution >= 0.6 is 11.6 Å². The number of nitrogens with one attached hydrogen (secondary N) is 3. The first-order valence-corrected chi connectivity index (χ1v) is 16.0. The summed E-state index contributed by atoms with van der Waals surface area (Å²) in [6, 6.07) is 13.7. The number of benzene rings is 2. The molecular formula is C34H42ClN7O4. The quantitative estimate of drug-likeness (QED) is 0.232. The Kier molecular flexibility index (Phi) is 9.83. The van der Waals surface area contributed by atoms with Gasteiger partial charge in [0.15, 0.2) is 0 Å². The average Bonchev–Trinajstić information content (AvgIpc) is 3.67. The van der Waals surface area contributed by atoms with Crippen LogP contribution in [0.4, 0.5) is 0 Å². The number of aromatic nitrogens is 4. The van der Waals surface area contributed by atoms with E-state index in [4.69, 9.17) is 21.3 Å². The third kappa shape index (κ3) is 6.80. The molecule has 11 nitrogen and oxygen atoms in total. The third-order valence-corrected chi connectivity index (χ3v) is 9.15.